The minimum Gasteiger partial charge on any atom is -0.497 e. The molecule has 0 bridgehead atoms. The van der Waals surface area contributed by atoms with Gasteiger partial charge >= 0.3 is 0 Å². The molecule has 2 aromatic rings. The van der Waals surface area contributed by atoms with E-state index in [2.05, 4.69) is 35.2 Å². The third-order valence-corrected chi connectivity index (χ3v) is 4.06. The lowest BCUT2D eigenvalue weighted by Gasteiger charge is -2.18. The van der Waals surface area contributed by atoms with Crippen LogP contribution in [0.2, 0.25) is 0 Å². The summed E-state index contributed by atoms with van der Waals surface area (Å²) in [6, 6.07) is 12.3. The molecule has 0 saturated heterocycles. The van der Waals surface area contributed by atoms with Crippen LogP contribution in [0.4, 0.5) is 0 Å². The van der Waals surface area contributed by atoms with E-state index in [1.807, 2.05) is 24.4 Å². The second kappa shape index (κ2) is 7.22. The molecule has 3 nitrogen and oxygen atoms in total. The first-order chi connectivity index (χ1) is 9.33. The number of nitrogens with zero attached hydrogens (tertiary/aromatic N) is 1. The van der Waals surface area contributed by atoms with Crippen LogP contribution in [0.3, 0.4) is 0 Å². The molecule has 0 aliphatic rings. The van der Waals surface area contributed by atoms with Gasteiger partial charge in [0.15, 0.2) is 0 Å². The monoisotopic (exact) mass is 274 g/mol. The Balaban J connectivity index is 2.03. The molecule has 19 heavy (non-hydrogen) atoms. The topological polar surface area (TPSA) is 34.1 Å². The largest absolute Gasteiger partial charge is 0.497 e. The highest BCUT2D eigenvalue weighted by atomic mass is 31.1. The van der Waals surface area contributed by atoms with E-state index in [4.69, 9.17) is 4.74 Å². The molecule has 0 saturated carbocycles. The van der Waals surface area contributed by atoms with Crippen molar-refractivity contribution in [2.45, 2.75) is 12.3 Å². The van der Waals surface area contributed by atoms with Crippen LogP contribution in [0.5, 0.6) is 5.75 Å². The first-order valence-corrected chi connectivity index (χ1v) is 7.84. The van der Waals surface area contributed by atoms with Crippen molar-refractivity contribution in [3.63, 3.8) is 0 Å². The van der Waals surface area contributed by atoms with Gasteiger partial charge in [0.2, 0.25) is 0 Å². The van der Waals surface area contributed by atoms with Gasteiger partial charge in [0.05, 0.1) is 7.11 Å². The molecule has 2 rings (SSSR count). The summed E-state index contributed by atoms with van der Waals surface area (Å²) in [5.41, 5.74) is 2.47. The Hall–Kier alpha value is -1.44. The molecule has 0 fully saturated rings. The summed E-state index contributed by atoms with van der Waals surface area (Å²) in [6.07, 6.45) is 3.69. The fourth-order valence-corrected chi connectivity index (χ4v) is 2.75. The molecular weight excluding hydrogens is 255 g/mol. The molecule has 4 heteroatoms. The molecule has 2 unspecified atom stereocenters. The van der Waals surface area contributed by atoms with Gasteiger partial charge < -0.3 is 10.1 Å². The van der Waals surface area contributed by atoms with Gasteiger partial charge in [-0.3, -0.25) is 4.98 Å². The molecule has 0 spiro atoms. The Labute approximate surface area is 116 Å². The lowest BCUT2D eigenvalue weighted by molar-refractivity contribution is 0.414. The summed E-state index contributed by atoms with van der Waals surface area (Å²) in [5.74, 6) is 1.26. The van der Waals surface area contributed by atoms with E-state index in [9.17, 15) is 0 Å². The zero-order valence-electron chi connectivity index (χ0n) is 11.3. The number of benzene rings is 1. The van der Waals surface area contributed by atoms with E-state index in [1.165, 1.54) is 11.1 Å². The number of aromatic nitrogens is 1. The third kappa shape index (κ3) is 4.02. The minimum absolute atomic E-state index is 0.357. The molecule has 2 atom stereocenters. The Morgan fingerprint density at radius 3 is 2.89 bits per heavy atom. The first-order valence-electron chi connectivity index (χ1n) is 6.27. The van der Waals surface area contributed by atoms with Crippen molar-refractivity contribution < 1.29 is 4.74 Å². The summed E-state index contributed by atoms with van der Waals surface area (Å²) in [7, 11) is 2.49. The maximum atomic E-state index is 5.28. The number of rotatable bonds is 6. The highest BCUT2D eigenvalue weighted by Crippen LogP contribution is 2.31. The van der Waals surface area contributed by atoms with Crippen LogP contribution in [0.1, 0.15) is 16.9 Å². The van der Waals surface area contributed by atoms with E-state index < -0.39 is 0 Å². The van der Waals surface area contributed by atoms with Crippen molar-refractivity contribution in [3.05, 3.63) is 59.9 Å². The summed E-state index contributed by atoms with van der Waals surface area (Å²) in [4.78, 5) is 4.13. The summed E-state index contributed by atoms with van der Waals surface area (Å²) in [5, 5.41) is 3.57. The quantitative estimate of drug-likeness (QED) is 0.821. The normalized spacial score (nSPS) is 12.7. The van der Waals surface area contributed by atoms with Gasteiger partial charge in [0.1, 0.15) is 5.75 Å². The molecule has 1 heterocycles. The molecule has 1 aromatic carbocycles. The molecule has 1 aromatic heterocycles. The van der Waals surface area contributed by atoms with E-state index in [0.717, 1.165) is 20.9 Å². The van der Waals surface area contributed by atoms with E-state index in [-0.39, 0.29) is 0 Å². The molecule has 0 aliphatic heterocycles. The maximum Gasteiger partial charge on any atom is 0.119 e. The van der Waals surface area contributed by atoms with Gasteiger partial charge in [0, 0.05) is 24.7 Å². The third-order valence-electron chi connectivity index (χ3n) is 2.95. The SMILES string of the molecule is COc1cccc(C(NCc2cccnc2)PC)c1. The van der Waals surface area contributed by atoms with Gasteiger partial charge in [-0.05, 0) is 36.0 Å². The summed E-state index contributed by atoms with van der Waals surface area (Å²) < 4.78 is 5.28. The standard InChI is InChI=1S/C15H19N2OP/c1-18-14-7-3-6-13(9-14)15(19-2)17-11-12-5-4-8-16-10-12/h3-10,15,17,19H,11H2,1-2H3. The van der Waals surface area contributed by atoms with Gasteiger partial charge in [0.25, 0.3) is 0 Å². The molecular formula is C15H19N2OP. The lowest BCUT2D eigenvalue weighted by Crippen LogP contribution is -2.17. The van der Waals surface area contributed by atoms with Gasteiger partial charge in [-0.2, -0.15) is 0 Å². The molecule has 0 amide bonds. The smallest absolute Gasteiger partial charge is 0.119 e. The number of nitrogens with one attached hydrogen (secondary N) is 1. The zero-order valence-corrected chi connectivity index (χ0v) is 12.3. The highest BCUT2D eigenvalue weighted by molar-refractivity contribution is 7.37. The number of hydrogen-bond acceptors (Lipinski definition) is 3. The van der Waals surface area contributed by atoms with E-state index in [0.29, 0.717) is 5.78 Å². The van der Waals surface area contributed by atoms with Gasteiger partial charge in [-0.25, -0.2) is 0 Å². The molecule has 0 radical (unpaired) electrons. The summed E-state index contributed by atoms with van der Waals surface area (Å²) in [6.45, 7) is 3.04. The first kappa shape index (κ1) is 14.0. The maximum absolute atomic E-state index is 5.28. The van der Waals surface area contributed by atoms with Gasteiger partial charge in [-0.15, -0.1) is 8.58 Å². The van der Waals surface area contributed by atoms with E-state index >= 15 is 0 Å². The van der Waals surface area contributed by atoms with Crippen LogP contribution < -0.4 is 10.1 Å². The fraction of sp³-hybridized carbons (Fsp3) is 0.267. The van der Waals surface area contributed by atoms with Crippen LogP contribution in [-0.2, 0) is 6.54 Å². The Morgan fingerprint density at radius 2 is 2.21 bits per heavy atom. The Morgan fingerprint density at radius 1 is 1.32 bits per heavy atom. The van der Waals surface area contributed by atoms with Crippen molar-refractivity contribution in [1.29, 1.82) is 0 Å². The molecule has 100 valence electrons. The average Bonchev–Trinajstić information content (AvgIpc) is 2.49. The Bertz CT molecular complexity index is 505. The van der Waals surface area contributed by atoms with Crippen LogP contribution >= 0.6 is 8.58 Å². The van der Waals surface area contributed by atoms with Crippen molar-refractivity contribution in [3.8, 4) is 5.75 Å². The predicted molar refractivity (Wildman–Crippen MR) is 81.1 cm³/mol. The minimum atomic E-state index is 0.357. The summed E-state index contributed by atoms with van der Waals surface area (Å²) >= 11 is 0. The van der Waals surface area contributed by atoms with Gasteiger partial charge in [-0.1, -0.05) is 18.2 Å². The van der Waals surface area contributed by atoms with E-state index in [1.54, 1.807) is 13.3 Å². The van der Waals surface area contributed by atoms with Crippen molar-refractivity contribution in [1.82, 2.24) is 10.3 Å². The number of pyridine rings is 1. The second-order valence-corrected chi connectivity index (χ2v) is 5.40. The zero-order chi connectivity index (χ0) is 13.5. The van der Waals surface area contributed by atoms with Crippen molar-refractivity contribution >= 4 is 8.58 Å². The van der Waals surface area contributed by atoms with Crippen molar-refractivity contribution in [2.75, 3.05) is 13.8 Å². The lowest BCUT2D eigenvalue weighted by atomic mass is 10.2. The molecule has 0 aliphatic carbocycles. The highest BCUT2D eigenvalue weighted by Gasteiger charge is 2.09. The number of ether oxygens (including phenoxy) is 1. The van der Waals surface area contributed by atoms with Crippen molar-refractivity contribution in [2.24, 2.45) is 0 Å². The average molecular weight is 274 g/mol. The fourth-order valence-electron chi connectivity index (χ4n) is 1.93. The van der Waals surface area contributed by atoms with Crippen LogP contribution in [0.15, 0.2) is 48.8 Å². The Kier molecular flexibility index (Phi) is 5.31. The van der Waals surface area contributed by atoms with Crippen LogP contribution in [0.25, 0.3) is 0 Å². The molecule has 1 N–H and O–H groups in total. The number of methoxy groups -OCH3 is 1. The van der Waals surface area contributed by atoms with Crippen LogP contribution in [0, 0.1) is 0 Å². The predicted octanol–water partition coefficient (Wildman–Crippen LogP) is 3.19. The number of hydrogen-bond donors (Lipinski definition) is 1. The van der Waals surface area contributed by atoms with Crippen LogP contribution in [-0.4, -0.2) is 18.8 Å². The second-order valence-electron chi connectivity index (χ2n) is 4.24.